The van der Waals surface area contributed by atoms with E-state index in [2.05, 4.69) is 25.9 Å². The maximum atomic E-state index is 12.0. The number of carbonyl (C=O) groups is 1. The number of aryl methyl sites for hydroxylation is 1. The zero-order valence-corrected chi connectivity index (χ0v) is 21.8. The lowest BCUT2D eigenvalue weighted by molar-refractivity contribution is 0.250. The first-order chi connectivity index (χ1) is 17.1. The molecule has 10 nitrogen and oxygen atoms in total. The third-order valence-corrected chi connectivity index (χ3v) is 6.23. The Morgan fingerprint density at radius 2 is 1.75 bits per heavy atom. The highest BCUT2D eigenvalue weighted by atomic mass is 32.2. The number of hydrogen-bond donors (Lipinski definition) is 3. The average molecular weight is 512 g/mol. The smallest absolute Gasteiger partial charge is 0.319 e. The van der Waals surface area contributed by atoms with Crippen LogP contribution in [0.25, 0.3) is 0 Å². The molecule has 3 rings (SSSR count). The van der Waals surface area contributed by atoms with Gasteiger partial charge in [0, 0.05) is 49.7 Å². The van der Waals surface area contributed by atoms with Gasteiger partial charge in [-0.1, -0.05) is 12.1 Å². The van der Waals surface area contributed by atoms with E-state index in [-0.39, 0.29) is 11.8 Å². The van der Waals surface area contributed by atoms with E-state index in [9.17, 15) is 13.2 Å². The lowest BCUT2D eigenvalue weighted by Crippen LogP contribution is -2.34. The number of likely N-dealkylation sites (N-methyl/N-ethyl adjacent to an activating group) is 1. The lowest BCUT2D eigenvalue weighted by atomic mass is 10.1. The Morgan fingerprint density at radius 3 is 2.44 bits per heavy atom. The number of amides is 2. The van der Waals surface area contributed by atoms with Gasteiger partial charge in [0.25, 0.3) is 0 Å². The minimum absolute atomic E-state index is 0.0999. The Labute approximate surface area is 212 Å². The molecule has 0 aliphatic heterocycles. The van der Waals surface area contributed by atoms with E-state index >= 15 is 0 Å². The number of aromatic nitrogens is 2. The van der Waals surface area contributed by atoms with Crippen LogP contribution < -0.4 is 20.9 Å². The van der Waals surface area contributed by atoms with Crippen molar-refractivity contribution in [2.75, 3.05) is 61.8 Å². The summed E-state index contributed by atoms with van der Waals surface area (Å²) in [6.07, 6.45) is 3.35. The summed E-state index contributed by atoms with van der Waals surface area (Å²) in [5, 5.41) is 8.83. The molecule has 0 saturated heterocycles. The van der Waals surface area contributed by atoms with Crippen molar-refractivity contribution in [1.29, 1.82) is 0 Å². The van der Waals surface area contributed by atoms with E-state index in [1.807, 2.05) is 79.5 Å². The van der Waals surface area contributed by atoms with Crippen molar-refractivity contribution in [3.8, 4) is 0 Å². The molecule has 3 N–H and O–H groups in total. The Kier molecular flexibility index (Phi) is 9.20. The summed E-state index contributed by atoms with van der Waals surface area (Å²) in [4.78, 5) is 24.8. The fraction of sp³-hybridized carbons (Fsp3) is 0.320. The normalized spacial score (nSPS) is 11.2. The van der Waals surface area contributed by atoms with Gasteiger partial charge in [-0.15, -0.1) is 0 Å². The van der Waals surface area contributed by atoms with Gasteiger partial charge >= 0.3 is 6.03 Å². The van der Waals surface area contributed by atoms with Gasteiger partial charge in [0.15, 0.2) is 0 Å². The number of nitrogens with one attached hydrogen (secondary N) is 3. The van der Waals surface area contributed by atoms with Crippen molar-refractivity contribution in [2.24, 2.45) is 0 Å². The quantitative estimate of drug-likeness (QED) is 0.359. The van der Waals surface area contributed by atoms with Crippen molar-refractivity contribution < 1.29 is 13.2 Å². The van der Waals surface area contributed by atoms with Crippen LogP contribution in [0.15, 0.2) is 60.8 Å². The Hall–Kier alpha value is -3.70. The molecule has 36 heavy (non-hydrogen) atoms. The molecule has 0 aliphatic carbocycles. The van der Waals surface area contributed by atoms with Crippen molar-refractivity contribution >= 4 is 44.7 Å². The van der Waals surface area contributed by atoms with Crippen LogP contribution in [-0.4, -0.2) is 75.6 Å². The van der Waals surface area contributed by atoms with Crippen LogP contribution in [0.3, 0.4) is 0 Å². The molecule has 0 atom stereocenters. The molecule has 2 aromatic carbocycles. The molecule has 2 amide bonds. The maximum absolute atomic E-state index is 12.0. The number of urea groups is 1. The van der Waals surface area contributed by atoms with Crippen molar-refractivity contribution in [1.82, 2.24) is 20.2 Å². The molecule has 1 aromatic heterocycles. The molecule has 0 fully saturated rings. The number of hydrogen-bond acceptors (Lipinski definition) is 8. The molecular weight excluding hydrogens is 478 g/mol. The average Bonchev–Trinajstić information content (AvgIpc) is 2.82. The van der Waals surface area contributed by atoms with E-state index < -0.39 is 9.84 Å². The van der Waals surface area contributed by atoms with Gasteiger partial charge in [0.1, 0.15) is 15.7 Å². The molecule has 0 aliphatic rings. The summed E-state index contributed by atoms with van der Waals surface area (Å²) >= 11 is 0. The number of benzene rings is 2. The fourth-order valence-electron chi connectivity index (χ4n) is 3.30. The van der Waals surface area contributed by atoms with Gasteiger partial charge in [-0.2, -0.15) is 4.98 Å². The highest BCUT2D eigenvalue weighted by molar-refractivity contribution is 7.90. The zero-order chi connectivity index (χ0) is 26.1. The SMILES string of the molecule is CN(C)CCNC(=O)Nc1ccc(N(C)c2ccnc(Nc3cccc(CCS(C)(=O)=O)c3)n2)cc1. The second kappa shape index (κ2) is 12.3. The number of carbonyl (C=O) groups excluding carboxylic acids is 1. The number of rotatable bonds is 11. The van der Waals surface area contributed by atoms with E-state index in [4.69, 9.17) is 0 Å². The predicted octanol–water partition coefficient (Wildman–Crippen LogP) is 3.26. The standard InChI is InChI=1S/C25H33N7O3S/c1-31(2)16-15-27-25(33)29-20-8-10-22(11-9-20)32(3)23-12-14-26-24(30-23)28-21-7-5-6-19(18-21)13-17-36(4,34)35/h5-12,14,18H,13,15-17H2,1-4H3,(H,26,28,30)(H2,27,29,33). The molecule has 1 heterocycles. The molecule has 0 radical (unpaired) electrons. The van der Waals surface area contributed by atoms with Crippen molar-refractivity contribution in [2.45, 2.75) is 6.42 Å². The summed E-state index contributed by atoms with van der Waals surface area (Å²) in [6.45, 7) is 1.33. The first-order valence-corrected chi connectivity index (χ1v) is 13.6. The minimum Gasteiger partial charge on any atom is -0.337 e. The zero-order valence-electron chi connectivity index (χ0n) is 21.0. The van der Waals surface area contributed by atoms with Crippen LogP contribution in [0.4, 0.5) is 33.6 Å². The third-order valence-electron chi connectivity index (χ3n) is 5.29. The summed E-state index contributed by atoms with van der Waals surface area (Å²) in [5.41, 5.74) is 3.27. The van der Waals surface area contributed by atoms with Gasteiger partial charge in [-0.25, -0.2) is 18.2 Å². The van der Waals surface area contributed by atoms with Gasteiger partial charge < -0.3 is 25.8 Å². The molecular formula is C25H33N7O3S. The summed E-state index contributed by atoms with van der Waals surface area (Å²) in [6, 6.07) is 16.6. The summed E-state index contributed by atoms with van der Waals surface area (Å²) < 4.78 is 22.9. The van der Waals surface area contributed by atoms with E-state index in [1.54, 1.807) is 12.3 Å². The second-order valence-electron chi connectivity index (χ2n) is 8.73. The molecule has 3 aromatic rings. The molecule has 0 bridgehead atoms. The summed E-state index contributed by atoms with van der Waals surface area (Å²) in [7, 11) is 2.77. The molecule has 0 saturated carbocycles. The molecule has 192 valence electrons. The van der Waals surface area contributed by atoms with Crippen molar-refractivity contribution in [3.05, 3.63) is 66.4 Å². The monoisotopic (exact) mass is 511 g/mol. The number of sulfone groups is 1. The van der Waals surface area contributed by atoms with E-state index in [0.717, 1.165) is 23.5 Å². The van der Waals surface area contributed by atoms with E-state index in [0.29, 0.717) is 30.4 Å². The Morgan fingerprint density at radius 1 is 1.00 bits per heavy atom. The molecule has 11 heteroatoms. The lowest BCUT2D eigenvalue weighted by Gasteiger charge is -2.19. The maximum Gasteiger partial charge on any atom is 0.319 e. The topological polar surface area (TPSA) is 120 Å². The number of anilines is 5. The Balaban J connectivity index is 1.62. The number of nitrogens with zero attached hydrogens (tertiary/aromatic N) is 4. The van der Waals surface area contributed by atoms with E-state index in [1.165, 1.54) is 6.26 Å². The Bertz CT molecular complexity index is 1260. The first kappa shape index (κ1) is 26.9. The van der Waals surface area contributed by atoms with Crippen LogP contribution >= 0.6 is 0 Å². The first-order valence-electron chi connectivity index (χ1n) is 11.5. The van der Waals surface area contributed by atoms with Crippen LogP contribution in [0, 0.1) is 0 Å². The van der Waals surface area contributed by atoms with Crippen LogP contribution in [0.2, 0.25) is 0 Å². The molecule has 0 unspecified atom stereocenters. The molecule has 0 spiro atoms. The van der Waals surface area contributed by atoms with Gasteiger partial charge in [-0.3, -0.25) is 0 Å². The van der Waals surface area contributed by atoms with Gasteiger partial charge in [0.05, 0.1) is 5.75 Å². The van der Waals surface area contributed by atoms with Gasteiger partial charge in [0.2, 0.25) is 5.95 Å². The highest BCUT2D eigenvalue weighted by Gasteiger charge is 2.09. The van der Waals surface area contributed by atoms with Crippen LogP contribution in [0.1, 0.15) is 5.56 Å². The fourth-order valence-corrected chi connectivity index (χ4v) is 3.91. The highest BCUT2D eigenvalue weighted by Crippen LogP contribution is 2.24. The van der Waals surface area contributed by atoms with Crippen LogP contribution in [-0.2, 0) is 16.3 Å². The predicted molar refractivity (Wildman–Crippen MR) is 145 cm³/mol. The summed E-state index contributed by atoms with van der Waals surface area (Å²) in [5.74, 6) is 1.21. The van der Waals surface area contributed by atoms with Gasteiger partial charge in [-0.05, 0) is 68.5 Å². The minimum atomic E-state index is -3.03. The van der Waals surface area contributed by atoms with Crippen molar-refractivity contribution in [3.63, 3.8) is 0 Å². The largest absolute Gasteiger partial charge is 0.337 e. The second-order valence-corrected chi connectivity index (χ2v) is 11.0. The van der Waals surface area contributed by atoms with Crippen LogP contribution in [0.5, 0.6) is 0 Å². The third kappa shape index (κ3) is 8.82.